The summed E-state index contributed by atoms with van der Waals surface area (Å²) in [5, 5.41) is 13.3. The number of hydrogen-bond donors (Lipinski definition) is 1. The van der Waals surface area contributed by atoms with Crippen molar-refractivity contribution >= 4 is 11.9 Å². The Morgan fingerprint density at radius 3 is 2.67 bits per heavy atom. The van der Waals surface area contributed by atoms with E-state index < -0.39 is 12.0 Å². The van der Waals surface area contributed by atoms with Crippen molar-refractivity contribution in [2.24, 2.45) is 0 Å². The zero-order valence-corrected chi connectivity index (χ0v) is 13.6. The summed E-state index contributed by atoms with van der Waals surface area (Å²) in [6.45, 7) is 2.20. The van der Waals surface area contributed by atoms with Crippen LogP contribution in [-0.4, -0.2) is 38.2 Å². The summed E-state index contributed by atoms with van der Waals surface area (Å²) >= 11 is 0. The number of carboxylic acids is 1. The molecule has 24 heavy (non-hydrogen) atoms. The molecule has 2 unspecified atom stereocenters. The third kappa shape index (κ3) is 3.04. The molecule has 2 heterocycles. The number of carbonyl (C=O) groups excluding carboxylic acids is 1. The first-order chi connectivity index (χ1) is 11.6. The van der Waals surface area contributed by atoms with Crippen LogP contribution in [0.3, 0.4) is 0 Å². The van der Waals surface area contributed by atoms with Crippen molar-refractivity contribution in [1.29, 1.82) is 0 Å². The number of aliphatic carboxylic acids is 1. The van der Waals surface area contributed by atoms with Crippen LogP contribution in [-0.2, 0) is 4.79 Å². The van der Waals surface area contributed by atoms with Gasteiger partial charge < -0.3 is 10.0 Å². The molecular weight excluding hydrogens is 306 g/mol. The van der Waals surface area contributed by atoms with Gasteiger partial charge in [0.1, 0.15) is 11.7 Å². The molecular formula is C18H21N3O3. The van der Waals surface area contributed by atoms with Crippen LogP contribution in [0.4, 0.5) is 0 Å². The number of likely N-dealkylation sites (tertiary alicyclic amines) is 1. The maximum Gasteiger partial charge on any atom is 0.328 e. The third-order valence-electron chi connectivity index (χ3n) is 4.56. The fourth-order valence-electron chi connectivity index (χ4n) is 3.24. The Balaban J connectivity index is 1.91. The fourth-order valence-corrected chi connectivity index (χ4v) is 3.24. The first-order valence-corrected chi connectivity index (χ1v) is 8.22. The Morgan fingerprint density at radius 2 is 1.96 bits per heavy atom. The number of carbonyl (C=O) groups is 2. The third-order valence-corrected chi connectivity index (χ3v) is 4.56. The van der Waals surface area contributed by atoms with Crippen LogP contribution in [0, 0.1) is 0 Å². The lowest BCUT2D eigenvalue weighted by Gasteiger charge is -2.36. The maximum absolute atomic E-state index is 13.1. The number of nitrogens with zero attached hydrogens (tertiary/aromatic N) is 3. The van der Waals surface area contributed by atoms with Crippen molar-refractivity contribution in [3.8, 4) is 0 Å². The van der Waals surface area contributed by atoms with Gasteiger partial charge in [-0.25, -0.2) is 9.48 Å². The highest BCUT2D eigenvalue weighted by atomic mass is 16.4. The minimum Gasteiger partial charge on any atom is -0.480 e. The Morgan fingerprint density at radius 1 is 1.21 bits per heavy atom. The van der Waals surface area contributed by atoms with Gasteiger partial charge in [0.25, 0.3) is 5.91 Å². The Labute approximate surface area is 140 Å². The van der Waals surface area contributed by atoms with E-state index >= 15 is 0 Å². The van der Waals surface area contributed by atoms with Crippen LogP contribution in [0.1, 0.15) is 54.3 Å². The molecule has 126 valence electrons. The molecule has 1 amide bonds. The number of piperidine rings is 1. The second kappa shape index (κ2) is 6.86. The molecule has 6 heteroatoms. The molecule has 0 aliphatic carbocycles. The van der Waals surface area contributed by atoms with E-state index in [2.05, 4.69) is 5.10 Å². The van der Waals surface area contributed by atoms with Crippen molar-refractivity contribution in [3.05, 3.63) is 53.9 Å². The minimum atomic E-state index is -1.01. The van der Waals surface area contributed by atoms with Crippen LogP contribution >= 0.6 is 0 Å². The molecule has 3 rings (SSSR count). The number of aromatic nitrogens is 2. The fraction of sp³-hybridized carbons (Fsp3) is 0.389. The molecule has 1 aromatic heterocycles. The second-order valence-corrected chi connectivity index (χ2v) is 6.10. The molecule has 2 aromatic rings. The monoisotopic (exact) mass is 327 g/mol. The number of carboxylic acid groups (broad SMARTS) is 1. The van der Waals surface area contributed by atoms with E-state index in [0.717, 1.165) is 24.8 Å². The van der Waals surface area contributed by atoms with Crippen molar-refractivity contribution in [3.63, 3.8) is 0 Å². The van der Waals surface area contributed by atoms with Gasteiger partial charge in [-0.15, -0.1) is 0 Å². The van der Waals surface area contributed by atoms with E-state index in [-0.39, 0.29) is 11.9 Å². The van der Waals surface area contributed by atoms with E-state index in [0.29, 0.717) is 12.2 Å². The van der Waals surface area contributed by atoms with Crippen LogP contribution in [0.5, 0.6) is 0 Å². The van der Waals surface area contributed by atoms with Crippen LogP contribution in [0.2, 0.25) is 0 Å². The minimum absolute atomic E-state index is 0.0240. The zero-order chi connectivity index (χ0) is 17.1. The lowest BCUT2D eigenvalue weighted by Crippen LogP contribution is -2.40. The second-order valence-electron chi connectivity index (χ2n) is 6.10. The SMILES string of the molecule is CC(C(=O)O)n1nccc1C(=O)N1CCCCC1c1ccccc1. The van der Waals surface area contributed by atoms with Gasteiger partial charge in [0.05, 0.1) is 6.04 Å². The van der Waals surface area contributed by atoms with Crippen LogP contribution in [0.15, 0.2) is 42.6 Å². The highest BCUT2D eigenvalue weighted by Crippen LogP contribution is 2.32. The molecule has 2 atom stereocenters. The zero-order valence-electron chi connectivity index (χ0n) is 13.6. The van der Waals surface area contributed by atoms with Crippen LogP contribution in [0.25, 0.3) is 0 Å². The molecule has 1 aliphatic rings. The average Bonchev–Trinajstić information content (AvgIpc) is 3.10. The smallest absolute Gasteiger partial charge is 0.328 e. The highest BCUT2D eigenvalue weighted by molar-refractivity contribution is 5.93. The molecule has 0 radical (unpaired) electrons. The topological polar surface area (TPSA) is 75.4 Å². The Hall–Kier alpha value is -2.63. The normalized spacial score (nSPS) is 19.0. The summed E-state index contributed by atoms with van der Waals surface area (Å²) in [6.07, 6.45) is 4.43. The Kier molecular flexibility index (Phi) is 4.64. The van der Waals surface area contributed by atoms with E-state index in [1.807, 2.05) is 35.2 Å². The molecule has 0 bridgehead atoms. The number of rotatable bonds is 4. The highest BCUT2D eigenvalue weighted by Gasteiger charge is 2.31. The number of amides is 1. The van der Waals surface area contributed by atoms with Gasteiger partial charge in [0.2, 0.25) is 0 Å². The molecule has 1 fully saturated rings. The summed E-state index contributed by atoms with van der Waals surface area (Å²) in [5.74, 6) is -1.17. The van der Waals surface area contributed by atoms with Gasteiger partial charge in [0.15, 0.2) is 0 Å². The van der Waals surface area contributed by atoms with Crippen molar-refractivity contribution in [2.75, 3.05) is 6.54 Å². The average molecular weight is 327 g/mol. The first-order valence-electron chi connectivity index (χ1n) is 8.22. The summed E-state index contributed by atoms with van der Waals surface area (Å²) in [7, 11) is 0. The van der Waals surface area contributed by atoms with Gasteiger partial charge in [0, 0.05) is 12.7 Å². The van der Waals surface area contributed by atoms with E-state index in [4.69, 9.17) is 0 Å². The summed E-state index contributed by atoms with van der Waals surface area (Å²) in [4.78, 5) is 26.2. The lowest BCUT2D eigenvalue weighted by molar-refractivity contribution is -0.140. The van der Waals surface area contributed by atoms with Crippen molar-refractivity contribution in [1.82, 2.24) is 14.7 Å². The van der Waals surface area contributed by atoms with Gasteiger partial charge in [-0.05, 0) is 37.8 Å². The standard InChI is InChI=1S/C18H21N3O3/c1-13(18(23)24)21-16(10-11-19-21)17(22)20-12-6-5-9-15(20)14-7-3-2-4-8-14/h2-4,7-8,10-11,13,15H,5-6,9,12H2,1H3,(H,23,24). The molecule has 0 spiro atoms. The molecule has 0 saturated carbocycles. The molecule has 6 nitrogen and oxygen atoms in total. The maximum atomic E-state index is 13.1. The van der Waals surface area contributed by atoms with Gasteiger partial charge >= 0.3 is 5.97 Å². The van der Waals surface area contributed by atoms with Gasteiger partial charge in [-0.1, -0.05) is 30.3 Å². The molecule has 1 aliphatic heterocycles. The molecule has 1 aromatic carbocycles. The van der Waals surface area contributed by atoms with E-state index in [1.54, 1.807) is 6.07 Å². The van der Waals surface area contributed by atoms with E-state index in [9.17, 15) is 14.7 Å². The summed E-state index contributed by atoms with van der Waals surface area (Å²) < 4.78 is 1.29. The lowest BCUT2D eigenvalue weighted by atomic mass is 9.95. The van der Waals surface area contributed by atoms with Gasteiger partial charge in [-0.2, -0.15) is 5.10 Å². The van der Waals surface area contributed by atoms with Crippen LogP contribution < -0.4 is 0 Å². The predicted molar refractivity (Wildman–Crippen MR) is 88.6 cm³/mol. The van der Waals surface area contributed by atoms with Crippen molar-refractivity contribution in [2.45, 2.75) is 38.3 Å². The summed E-state index contributed by atoms with van der Waals surface area (Å²) in [6, 6.07) is 10.7. The Bertz CT molecular complexity index is 726. The molecule has 1 saturated heterocycles. The first kappa shape index (κ1) is 16.2. The molecule has 1 N–H and O–H groups in total. The largest absolute Gasteiger partial charge is 0.480 e. The number of benzene rings is 1. The van der Waals surface area contributed by atoms with E-state index in [1.165, 1.54) is 17.8 Å². The summed E-state index contributed by atoms with van der Waals surface area (Å²) in [5.41, 5.74) is 1.44. The predicted octanol–water partition coefficient (Wildman–Crippen LogP) is 2.90. The van der Waals surface area contributed by atoms with Crippen molar-refractivity contribution < 1.29 is 14.7 Å². The van der Waals surface area contributed by atoms with Gasteiger partial charge in [-0.3, -0.25) is 4.79 Å². The quantitative estimate of drug-likeness (QED) is 0.937. The number of hydrogen-bond acceptors (Lipinski definition) is 3.